The Morgan fingerprint density at radius 3 is 2.60 bits per heavy atom. The van der Waals surface area contributed by atoms with E-state index in [0.717, 1.165) is 18.9 Å². The number of carboxylic acid groups (broad SMARTS) is 1. The van der Waals surface area contributed by atoms with Crippen molar-refractivity contribution in [3.05, 3.63) is 23.8 Å². The summed E-state index contributed by atoms with van der Waals surface area (Å²) >= 11 is 0. The van der Waals surface area contributed by atoms with E-state index in [1.165, 1.54) is 17.0 Å². The van der Waals surface area contributed by atoms with Crippen molar-refractivity contribution in [2.24, 2.45) is 0 Å². The van der Waals surface area contributed by atoms with Gasteiger partial charge in [-0.15, -0.1) is 0 Å². The van der Waals surface area contributed by atoms with Gasteiger partial charge in [0.1, 0.15) is 5.75 Å². The van der Waals surface area contributed by atoms with Crippen LogP contribution in [0.4, 0.5) is 10.5 Å². The highest BCUT2D eigenvalue weighted by atomic mass is 16.4. The second-order valence-corrected chi connectivity index (χ2v) is 4.71. The lowest BCUT2D eigenvalue weighted by atomic mass is 10.1. The number of benzene rings is 1. The number of phenolic OH excluding ortho intramolecular Hbond substituents is 1. The molecule has 0 saturated heterocycles. The molecule has 0 radical (unpaired) electrons. The quantitative estimate of drug-likeness (QED) is 0.723. The van der Waals surface area contributed by atoms with E-state index in [2.05, 4.69) is 5.32 Å². The zero-order valence-electron chi connectivity index (χ0n) is 11.9. The maximum Gasteiger partial charge on any atom is 0.337 e. The first-order chi connectivity index (χ1) is 9.36. The molecule has 6 heteroatoms. The third-order valence-electron chi connectivity index (χ3n) is 3.16. The molecule has 2 amide bonds. The fraction of sp³-hybridized carbons (Fsp3) is 0.429. The molecule has 0 aromatic heterocycles. The van der Waals surface area contributed by atoms with Crippen LogP contribution in [0, 0.1) is 0 Å². The van der Waals surface area contributed by atoms with Gasteiger partial charge >= 0.3 is 12.0 Å². The van der Waals surface area contributed by atoms with Crippen LogP contribution in [0.2, 0.25) is 0 Å². The van der Waals surface area contributed by atoms with Gasteiger partial charge in [0, 0.05) is 13.1 Å². The van der Waals surface area contributed by atoms with Crippen molar-refractivity contribution in [2.45, 2.75) is 32.7 Å². The van der Waals surface area contributed by atoms with E-state index in [1.54, 1.807) is 7.05 Å². The number of rotatable bonds is 5. The Morgan fingerprint density at radius 2 is 2.05 bits per heavy atom. The van der Waals surface area contributed by atoms with Crippen LogP contribution in [0.3, 0.4) is 0 Å². The van der Waals surface area contributed by atoms with Gasteiger partial charge < -0.3 is 20.4 Å². The number of amides is 2. The zero-order chi connectivity index (χ0) is 15.3. The number of anilines is 1. The molecule has 20 heavy (non-hydrogen) atoms. The minimum atomic E-state index is -1.21. The molecule has 0 fully saturated rings. The molecule has 0 heterocycles. The summed E-state index contributed by atoms with van der Waals surface area (Å²) in [5.41, 5.74) is 0.0192. The fourth-order valence-corrected chi connectivity index (χ4v) is 1.83. The number of carbonyl (C=O) groups is 2. The number of aromatic hydroxyl groups is 1. The smallest absolute Gasteiger partial charge is 0.337 e. The van der Waals surface area contributed by atoms with Crippen LogP contribution < -0.4 is 5.32 Å². The summed E-state index contributed by atoms with van der Waals surface area (Å²) in [7, 11) is 1.66. The maximum atomic E-state index is 12.0. The van der Waals surface area contributed by atoms with Gasteiger partial charge in [0.05, 0.1) is 11.3 Å². The molecule has 0 aliphatic carbocycles. The normalized spacial score (nSPS) is 11.8. The van der Waals surface area contributed by atoms with Crippen LogP contribution in [0.5, 0.6) is 5.75 Å². The van der Waals surface area contributed by atoms with E-state index in [0.29, 0.717) is 0 Å². The van der Waals surface area contributed by atoms with E-state index in [-0.39, 0.29) is 29.1 Å². The molecular formula is C14H20N2O4. The van der Waals surface area contributed by atoms with Gasteiger partial charge in [-0.25, -0.2) is 9.59 Å². The Kier molecular flexibility index (Phi) is 5.37. The maximum absolute atomic E-state index is 12.0. The summed E-state index contributed by atoms with van der Waals surface area (Å²) in [5.74, 6) is -1.37. The second-order valence-electron chi connectivity index (χ2n) is 4.71. The van der Waals surface area contributed by atoms with Gasteiger partial charge in [0.2, 0.25) is 0 Å². The van der Waals surface area contributed by atoms with Gasteiger partial charge in [0.15, 0.2) is 0 Å². The molecule has 0 spiro atoms. The molecular weight excluding hydrogens is 260 g/mol. The number of aromatic carboxylic acids is 1. The van der Waals surface area contributed by atoms with Crippen LogP contribution in [0.25, 0.3) is 0 Å². The lowest BCUT2D eigenvalue weighted by Gasteiger charge is -2.25. The fourth-order valence-electron chi connectivity index (χ4n) is 1.83. The van der Waals surface area contributed by atoms with Crippen LogP contribution in [-0.4, -0.2) is 40.2 Å². The molecule has 1 aromatic carbocycles. The van der Waals surface area contributed by atoms with Crippen molar-refractivity contribution in [1.29, 1.82) is 0 Å². The summed E-state index contributed by atoms with van der Waals surface area (Å²) in [6.07, 6.45) is 1.82. The minimum Gasteiger partial charge on any atom is -0.508 e. The number of phenols is 1. The number of nitrogens with zero attached hydrogens (tertiary/aromatic N) is 1. The average Bonchev–Trinajstić information content (AvgIpc) is 2.39. The standard InChI is InChI=1S/C14H20N2O4/c1-4-5-9(2)16(3)14(20)15-12-7-6-10(17)8-11(12)13(18)19/h6-9,17H,4-5H2,1-3H3,(H,15,20)(H,18,19). The summed E-state index contributed by atoms with van der Waals surface area (Å²) < 4.78 is 0. The number of urea groups is 1. The van der Waals surface area contributed by atoms with Crippen LogP contribution >= 0.6 is 0 Å². The zero-order valence-corrected chi connectivity index (χ0v) is 11.9. The third-order valence-corrected chi connectivity index (χ3v) is 3.16. The molecule has 0 bridgehead atoms. The first-order valence-electron chi connectivity index (χ1n) is 6.47. The highest BCUT2D eigenvalue weighted by molar-refractivity contribution is 6.00. The van der Waals surface area contributed by atoms with Gasteiger partial charge in [0.25, 0.3) is 0 Å². The van der Waals surface area contributed by atoms with Gasteiger partial charge in [-0.2, -0.15) is 0 Å². The Morgan fingerprint density at radius 1 is 1.40 bits per heavy atom. The van der Waals surface area contributed by atoms with Crippen molar-refractivity contribution in [2.75, 3.05) is 12.4 Å². The predicted octanol–water partition coefficient (Wildman–Crippen LogP) is 2.74. The van der Waals surface area contributed by atoms with E-state index < -0.39 is 5.97 Å². The first kappa shape index (κ1) is 15.8. The molecule has 1 aromatic rings. The molecule has 110 valence electrons. The highest BCUT2D eigenvalue weighted by Crippen LogP contribution is 2.22. The van der Waals surface area contributed by atoms with Gasteiger partial charge in [-0.3, -0.25) is 0 Å². The van der Waals surface area contributed by atoms with Crippen molar-refractivity contribution < 1.29 is 19.8 Å². The number of hydrogen-bond acceptors (Lipinski definition) is 3. The van der Waals surface area contributed by atoms with E-state index in [1.807, 2.05) is 13.8 Å². The lowest BCUT2D eigenvalue weighted by molar-refractivity contribution is 0.0697. The van der Waals surface area contributed by atoms with E-state index >= 15 is 0 Å². The van der Waals surface area contributed by atoms with Crippen molar-refractivity contribution in [1.82, 2.24) is 4.90 Å². The Balaban J connectivity index is 2.88. The Labute approximate surface area is 118 Å². The summed E-state index contributed by atoms with van der Waals surface area (Å²) in [4.78, 5) is 24.7. The Hall–Kier alpha value is -2.24. The number of carboxylic acids is 1. The van der Waals surface area contributed by atoms with Gasteiger partial charge in [-0.05, 0) is 31.5 Å². The molecule has 6 nitrogen and oxygen atoms in total. The minimum absolute atomic E-state index is 0.0605. The second kappa shape index (κ2) is 6.79. The van der Waals surface area contributed by atoms with Crippen molar-refractivity contribution in [3.63, 3.8) is 0 Å². The number of nitrogens with one attached hydrogen (secondary N) is 1. The Bertz CT molecular complexity index is 502. The van der Waals surface area contributed by atoms with E-state index in [9.17, 15) is 14.7 Å². The number of hydrogen-bond donors (Lipinski definition) is 3. The number of carbonyl (C=O) groups excluding carboxylic acids is 1. The van der Waals surface area contributed by atoms with E-state index in [4.69, 9.17) is 5.11 Å². The predicted molar refractivity (Wildman–Crippen MR) is 76.2 cm³/mol. The van der Waals surface area contributed by atoms with Gasteiger partial charge in [-0.1, -0.05) is 13.3 Å². The molecule has 0 saturated carbocycles. The summed E-state index contributed by atoms with van der Waals surface area (Å²) in [6.45, 7) is 3.96. The van der Waals surface area contributed by atoms with Crippen LogP contribution in [-0.2, 0) is 0 Å². The largest absolute Gasteiger partial charge is 0.508 e. The third kappa shape index (κ3) is 3.88. The van der Waals surface area contributed by atoms with Crippen molar-refractivity contribution >= 4 is 17.7 Å². The molecule has 1 atom stereocenters. The SMILES string of the molecule is CCCC(C)N(C)C(=O)Nc1ccc(O)cc1C(=O)O. The first-order valence-corrected chi connectivity index (χ1v) is 6.47. The topological polar surface area (TPSA) is 89.9 Å². The molecule has 0 aliphatic rings. The average molecular weight is 280 g/mol. The molecule has 3 N–H and O–H groups in total. The van der Waals surface area contributed by atoms with Crippen molar-refractivity contribution in [3.8, 4) is 5.75 Å². The molecule has 1 unspecified atom stereocenters. The highest BCUT2D eigenvalue weighted by Gasteiger charge is 2.18. The lowest BCUT2D eigenvalue weighted by Crippen LogP contribution is -2.38. The summed E-state index contributed by atoms with van der Waals surface area (Å²) in [6, 6.07) is 3.49. The van der Waals surface area contributed by atoms with Crippen LogP contribution in [0.15, 0.2) is 18.2 Å². The molecule has 1 rings (SSSR count). The summed E-state index contributed by atoms with van der Waals surface area (Å²) in [5, 5.41) is 20.9. The molecule has 0 aliphatic heterocycles. The monoisotopic (exact) mass is 280 g/mol. The van der Waals surface area contributed by atoms with Crippen LogP contribution in [0.1, 0.15) is 37.0 Å².